The molecule has 6 heteroatoms. The average molecular weight is 301 g/mol. The van der Waals surface area contributed by atoms with Gasteiger partial charge in [-0.2, -0.15) is 5.26 Å². The van der Waals surface area contributed by atoms with Gasteiger partial charge in [0.1, 0.15) is 18.5 Å². The first-order chi connectivity index (χ1) is 10.7. The number of benzene rings is 1. The summed E-state index contributed by atoms with van der Waals surface area (Å²) in [6.45, 7) is 1.43. The minimum Gasteiger partial charge on any atom is -0.475 e. The topological polar surface area (TPSA) is 67.2 Å². The first-order valence-electron chi connectivity index (χ1n) is 6.73. The third kappa shape index (κ3) is 4.43. The number of methoxy groups -OCH3 is 1. The van der Waals surface area contributed by atoms with Crippen LogP contribution in [0.2, 0.25) is 0 Å². The molecule has 0 aliphatic rings. The average Bonchev–Trinajstić information content (AvgIpc) is 2.55. The van der Waals surface area contributed by atoms with Crippen LogP contribution >= 0.6 is 0 Å². The molecule has 0 aliphatic heterocycles. The van der Waals surface area contributed by atoms with E-state index in [1.54, 1.807) is 25.4 Å². The summed E-state index contributed by atoms with van der Waals surface area (Å²) in [5.74, 6) is 0.0987. The van der Waals surface area contributed by atoms with Gasteiger partial charge in [-0.15, -0.1) is 0 Å². The summed E-state index contributed by atoms with van der Waals surface area (Å²) in [7, 11) is 1.61. The third-order valence-electron chi connectivity index (χ3n) is 2.92. The number of hydrogen-bond acceptors (Lipinski definition) is 5. The molecule has 0 amide bonds. The van der Waals surface area contributed by atoms with Crippen molar-refractivity contribution in [3.63, 3.8) is 0 Å². The maximum atomic E-state index is 13.1. The Hall–Kier alpha value is -2.65. The van der Waals surface area contributed by atoms with Gasteiger partial charge in [0.25, 0.3) is 0 Å². The molecule has 2 aromatic rings. The number of aromatic nitrogens is 1. The highest BCUT2D eigenvalue weighted by Gasteiger charge is 2.04. The SMILES string of the molecule is COCCOc1ccc(CNc2ccc(F)cc2C#N)cn1. The van der Waals surface area contributed by atoms with Gasteiger partial charge in [-0.1, -0.05) is 6.07 Å². The molecule has 0 bridgehead atoms. The van der Waals surface area contributed by atoms with Gasteiger partial charge in [-0.3, -0.25) is 0 Å². The van der Waals surface area contributed by atoms with Crippen molar-refractivity contribution in [1.29, 1.82) is 5.26 Å². The number of ether oxygens (including phenoxy) is 2. The van der Waals surface area contributed by atoms with Crippen LogP contribution in [0.5, 0.6) is 5.88 Å². The van der Waals surface area contributed by atoms with Gasteiger partial charge >= 0.3 is 0 Å². The molecule has 1 aromatic heterocycles. The van der Waals surface area contributed by atoms with E-state index in [0.717, 1.165) is 5.56 Å². The maximum absolute atomic E-state index is 13.1. The molecule has 0 saturated carbocycles. The van der Waals surface area contributed by atoms with Crippen molar-refractivity contribution >= 4 is 5.69 Å². The first-order valence-corrected chi connectivity index (χ1v) is 6.73. The number of nitrogens with zero attached hydrogens (tertiary/aromatic N) is 2. The van der Waals surface area contributed by atoms with Crippen molar-refractivity contribution in [2.45, 2.75) is 6.54 Å². The highest BCUT2D eigenvalue weighted by molar-refractivity contribution is 5.57. The zero-order valence-corrected chi connectivity index (χ0v) is 12.2. The minimum atomic E-state index is -0.429. The van der Waals surface area contributed by atoms with Gasteiger partial charge in [-0.25, -0.2) is 9.37 Å². The molecule has 0 aliphatic carbocycles. The fourth-order valence-corrected chi connectivity index (χ4v) is 1.79. The van der Waals surface area contributed by atoms with Crippen LogP contribution in [0.15, 0.2) is 36.5 Å². The number of anilines is 1. The lowest BCUT2D eigenvalue weighted by Gasteiger charge is -2.09. The lowest BCUT2D eigenvalue weighted by molar-refractivity contribution is 0.143. The van der Waals surface area contributed by atoms with Crippen LogP contribution in [-0.4, -0.2) is 25.3 Å². The Morgan fingerprint density at radius 2 is 2.14 bits per heavy atom. The van der Waals surface area contributed by atoms with E-state index in [9.17, 15) is 4.39 Å². The van der Waals surface area contributed by atoms with Gasteiger partial charge in [-0.05, 0) is 23.8 Å². The molecule has 5 nitrogen and oxygen atoms in total. The van der Waals surface area contributed by atoms with Crippen molar-refractivity contribution in [3.05, 3.63) is 53.5 Å². The van der Waals surface area contributed by atoms with Gasteiger partial charge in [0.05, 0.1) is 17.9 Å². The summed E-state index contributed by atoms with van der Waals surface area (Å²) in [5, 5.41) is 12.1. The van der Waals surface area contributed by atoms with Gasteiger partial charge in [0.15, 0.2) is 0 Å². The largest absolute Gasteiger partial charge is 0.475 e. The Kier molecular flexibility index (Phi) is 5.69. The fraction of sp³-hybridized carbons (Fsp3) is 0.250. The number of hydrogen-bond donors (Lipinski definition) is 1. The molecule has 22 heavy (non-hydrogen) atoms. The van der Waals surface area contributed by atoms with Crippen LogP contribution in [0.3, 0.4) is 0 Å². The van der Waals surface area contributed by atoms with Gasteiger partial charge in [0.2, 0.25) is 5.88 Å². The molecule has 114 valence electrons. The molecule has 2 rings (SSSR count). The number of nitrogens with one attached hydrogen (secondary N) is 1. The highest BCUT2D eigenvalue weighted by Crippen LogP contribution is 2.17. The predicted molar refractivity (Wildman–Crippen MR) is 80.0 cm³/mol. The maximum Gasteiger partial charge on any atom is 0.213 e. The van der Waals surface area contributed by atoms with Crippen molar-refractivity contribution in [2.75, 3.05) is 25.6 Å². The van der Waals surface area contributed by atoms with Crippen molar-refractivity contribution in [2.24, 2.45) is 0 Å². The molecule has 1 N–H and O–H groups in total. The lowest BCUT2D eigenvalue weighted by atomic mass is 10.2. The molecule has 0 saturated heterocycles. The highest BCUT2D eigenvalue weighted by atomic mass is 19.1. The number of nitriles is 1. The molecular weight excluding hydrogens is 285 g/mol. The molecule has 1 aromatic carbocycles. The summed E-state index contributed by atoms with van der Waals surface area (Å²) in [4.78, 5) is 4.18. The lowest BCUT2D eigenvalue weighted by Crippen LogP contribution is -2.06. The summed E-state index contributed by atoms with van der Waals surface area (Å²) in [5.41, 5.74) is 1.78. The summed E-state index contributed by atoms with van der Waals surface area (Å²) < 4.78 is 23.3. The predicted octanol–water partition coefficient (Wildman–Crippen LogP) is 2.73. The van der Waals surface area contributed by atoms with Crippen LogP contribution in [0, 0.1) is 17.1 Å². The zero-order valence-electron chi connectivity index (χ0n) is 12.2. The fourth-order valence-electron chi connectivity index (χ4n) is 1.79. The second-order valence-electron chi connectivity index (χ2n) is 4.50. The normalized spacial score (nSPS) is 10.0. The van der Waals surface area contributed by atoms with Gasteiger partial charge in [0, 0.05) is 25.9 Å². The van der Waals surface area contributed by atoms with Crippen LogP contribution in [0.25, 0.3) is 0 Å². The van der Waals surface area contributed by atoms with E-state index in [1.165, 1.54) is 12.1 Å². The number of pyridine rings is 1. The van der Waals surface area contributed by atoms with Crippen LogP contribution in [-0.2, 0) is 11.3 Å². The number of rotatable bonds is 7. The Balaban J connectivity index is 1.93. The molecule has 0 unspecified atom stereocenters. The molecular formula is C16H16FN3O2. The Labute approximate surface area is 128 Å². The van der Waals surface area contributed by atoms with Crippen LogP contribution < -0.4 is 10.1 Å². The Bertz CT molecular complexity index is 653. The van der Waals surface area contributed by atoms with E-state index in [2.05, 4.69) is 10.3 Å². The van der Waals surface area contributed by atoms with Crippen molar-refractivity contribution in [3.8, 4) is 11.9 Å². The Morgan fingerprint density at radius 1 is 1.27 bits per heavy atom. The van der Waals surface area contributed by atoms with E-state index in [0.29, 0.717) is 31.3 Å². The summed E-state index contributed by atoms with van der Waals surface area (Å²) >= 11 is 0. The van der Waals surface area contributed by atoms with Gasteiger partial charge < -0.3 is 14.8 Å². The van der Waals surface area contributed by atoms with Crippen molar-refractivity contribution < 1.29 is 13.9 Å². The minimum absolute atomic E-state index is 0.271. The molecule has 0 radical (unpaired) electrons. The first kappa shape index (κ1) is 15.7. The summed E-state index contributed by atoms with van der Waals surface area (Å²) in [6, 6.07) is 9.66. The molecule has 0 spiro atoms. The second-order valence-corrected chi connectivity index (χ2v) is 4.50. The molecule has 1 heterocycles. The summed E-state index contributed by atoms with van der Waals surface area (Å²) in [6.07, 6.45) is 1.69. The van der Waals surface area contributed by atoms with E-state index in [1.807, 2.05) is 12.1 Å². The quantitative estimate of drug-likeness (QED) is 0.796. The van der Waals surface area contributed by atoms with Crippen LogP contribution in [0.1, 0.15) is 11.1 Å². The van der Waals surface area contributed by atoms with E-state index >= 15 is 0 Å². The van der Waals surface area contributed by atoms with Crippen molar-refractivity contribution in [1.82, 2.24) is 4.98 Å². The van der Waals surface area contributed by atoms with E-state index in [4.69, 9.17) is 14.7 Å². The zero-order chi connectivity index (χ0) is 15.8. The molecule has 0 fully saturated rings. The Morgan fingerprint density at radius 3 is 2.82 bits per heavy atom. The smallest absolute Gasteiger partial charge is 0.213 e. The monoisotopic (exact) mass is 301 g/mol. The molecule has 0 atom stereocenters. The van der Waals surface area contributed by atoms with E-state index in [-0.39, 0.29) is 5.56 Å². The second kappa shape index (κ2) is 7.96. The third-order valence-corrected chi connectivity index (χ3v) is 2.92. The van der Waals surface area contributed by atoms with E-state index < -0.39 is 5.82 Å². The number of halogens is 1. The van der Waals surface area contributed by atoms with Crippen LogP contribution in [0.4, 0.5) is 10.1 Å². The standard InChI is InChI=1S/C16H16FN3O2/c1-21-6-7-22-16-5-2-12(11-20-16)10-19-15-4-3-14(17)8-13(15)9-18/h2-5,8,11,19H,6-7,10H2,1H3.